The third-order valence-corrected chi connectivity index (χ3v) is 2.95. The van der Waals surface area contributed by atoms with Crippen molar-refractivity contribution in [1.29, 1.82) is 0 Å². The van der Waals surface area contributed by atoms with Crippen LogP contribution in [0.25, 0.3) is 0 Å². The predicted octanol–water partition coefficient (Wildman–Crippen LogP) is 2.51. The number of rotatable bonds is 1. The molecule has 0 aliphatic carbocycles. The van der Waals surface area contributed by atoms with Crippen LogP contribution in [0.3, 0.4) is 0 Å². The molecule has 1 N–H and O–H groups in total. The Kier molecular flexibility index (Phi) is 3.04. The summed E-state index contributed by atoms with van der Waals surface area (Å²) in [4.78, 5) is 0.820. The Morgan fingerprint density at radius 2 is 1.77 bits per heavy atom. The van der Waals surface area contributed by atoms with Gasteiger partial charge in [0.05, 0.1) is 0 Å². The first-order valence-corrected chi connectivity index (χ1v) is 4.77. The number of benzene rings is 1. The van der Waals surface area contributed by atoms with Crippen LogP contribution >= 0.6 is 12.2 Å². The van der Waals surface area contributed by atoms with Gasteiger partial charge in [-0.3, -0.25) is 0 Å². The molecule has 0 bridgehead atoms. The van der Waals surface area contributed by atoms with Gasteiger partial charge in [-0.05, 0) is 37.5 Å². The summed E-state index contributed by atoms with van der Waals surface area (Å²) in [5, 5.41) is 3.00. The van der Waals surface area contributed by atoms with Crippen LogP contribution in [0.15, 0.2) is 12.1 Å². The summed E-state index contributed by atoms with van der Waals surface area (Å²) in [5.74, 6) is 0. The van der Waals surface area contributed by atoms with Crippen LogP contribution < -0.4 is 5.32 Å². The van der Waals surface area contributed by atoms with Crippen LogP contribution in [0.4, 0.5) is 0 Å². The number of hydrogen-bond donors (Lipinski definition) is 1. The summed E-state index contributed by atoms with van der Waals surface area (Å²) in [6, 6.07) is 4.19. The highest BCUT2D eigenvalue weighted by Gasteiger charge is 2.06. The first kappa shape index (κ1) is 10.2. The van der Waals surface area contributed by atoms with Crippen molar-refractivity contribution in [2.24, 2.45) is 0 Å². The Bertz CT molecular complexity index is 342. The van der Waals surface area contributed by atoms with Gasteiger partial charge in [0.1, 0.15) is 4.99 Å². The highest BCUT2D eigenvalue weighted by atomic mass is 32.1. The van der Waals surface area contributed by atoms with Crippen molar-refractivity contribution >= 4 is 17.2 Å². The van der Waals surface area contributed by atoms with Gasteiger partial charge in [0, 0.05) is 12.6 Å². The maximum Gasteiger partial charge on any atom is 0.106 e. The zero-order valence-corrected chi connectivity index (χ0v) is 9.38. The summed E-state index contributed by atoms with van der Waals surface area (Å²) in [6.45, 7) is 6.36. The molecule has 0 atom stereocenters. The minimum absolute atomic E-state index is 0.820. The van der Waals surface area contributed by atoms with Crippen molar-refractivity contribution in [2.75, 3.05) is 7.05 Å². The second kappa shape index (κ2) is 3.88. The fraction of sp³-hybridized carbons (Fsp3) is 0.364. The molecule has 0 aromatic heterocycles. The van der Waals surface area contributed by atoms with Gasteiger partial charge >= 0.3 is 0 Å². The molecule has 0 aliphatic heterocycles. The Morgan fingerprint density at radius 1 is 1.15 bits per heavy atom. The van der Waals surface area contributed by atoms with E-state index in [1.165, 1.54) is 16.7 Å². The first-order chi connectivity index (χ1) is 6.07. The normalized spacial score (nSPS) is 9.85. The minimum atomic E-state index is 0.820. The summed E-state index contributed by atoms with van der Waals surface area (Å²) in [5.41, 5.74) is 5.07. The predicted molar refractivity (Wildman–Crippen MR) is 61.4 cm³/mol. The lowest BCUT2D eigenvalue weighted by atomic mass is 9.99. The van der Waals surface area contributed by atoms with Crippen molar-refractivity contribution in [2.45, 2.75) is 20.8 Å². The van der Waals surface area contributed by atoms with E-state index < -0.39 is 0 Å². The lowest BCUT2D eigenvalue weighted by Crippen LogP contribution is -2.18. The quantitative estimate of drug-likeness (QED) is 0.688. The molecule has 0 unspecified atom stereocenters. The highest BCUT2D eigenvalue weighted by molar-refractivity contribution is 7.80. The van der Waals surface area contributed by atoms with E-state index in [1.54, 1.807) is 0 Å². The summed E-state index contributed by atoms with van der Waals surface area (Å²) >= 11 is 5.20. The second-order valence-electron chi connectivity index (χ2n) is 3.26. The molecule has 0 amide bonds. The molecular formula is C11H15NS. The van der Waals surface area contributed by atoms with E-state index in [0.717, 1.165) is 10.6 Å². The van der Waals surface area contributed by atoms with E-state index in [2.05, 4.69) is 38.2 Å². The van der Waals surface area contributed by atoms with Gasteiger partial charge in [0.15, 0.2) is 0 Å². The maximum atomic E-state index is 5.20. The summed E-state index contributed by atoms with van der Waals surface area (Å²) < 4.78 is 0. The van der Waals surface area contributed by atoms with Crippen LogP contribution in [0.1, 0.15) is 22.3 Å². The van der Waals surface area contributed by atoms with Crippen molar-refractivity contribution in [3.63, 3.8) is 0 Å². The molecule has 0 spiro atoms. The van der Waals surface area contributed by atoms with E-state index >= 15 is 0 Å². The van der Waals surface area contributed by atoms with E-state index in [4.69, 9.17) is 12.2 Å². The van der Waals surface area contributed by atoms with Crippen LogP contribution in [0.2, 0.25) is 0 Å². The van der Waals surface area contributed by atoms with Gasteiger partial charge in [-0.25, -0.2) is 0 Å². The number of hydrogen-bond acceptors (Lipinski definition) is 1. The summed E-state index contributed by atoms with van der Waals surface area (Å²) in [6.07, 6.45) is 0. The molecule has 1 rings (SSSR count). The second-order valence-corrected chi connectivity index (χ2v) is 3.67. The average Bonchev–Trinajstić information content (AvgIpc) is 2.13. The number of aryl methyl sites for hydroxylation is 1. The number of thiocarbonyl (C=S) groups is 1. The average molecular weight is 193 g/mol. The monoisotopic (exact) mass is 193 g/mol. The van der Waals surface area contributed by atoms with Gasteiger partial charge in [0.25, 0.3) is 0 Å². The Hall–Kier alpha value is -0.890. The van der Waals surface area contributed by atoms with Crippen LogP contribution in [-0.4, -0.2) is 12.0 Å². The molecular weight excluding hydrogens is 178 g/mol. The van der Waals surface area contributed by atoms with Gasteiger partial charge in [-0.2, -0.15) is 0 Å². The van der Waals surface area contributed by atoms with Crippen LogP contribution in [0, 0.1) is 20.8 Å². The fourth-order valence-corrected chi connectivity index (χ4v) is 1.56. The van der Waals surface area contributed by atoms with E-state index in [9.17, 15) is 0 Å². The largest absolute Gasteiger partial charge is 0.379 e. The van der Waals surface area contributed by atoms with Crippen molar-refractivity contribution < 1.29 is 0 Å². The highest BCUT2D eigenvalue weighted by Crippen LogP contribution is 2.17. The third-order valence-electron chi connectivity index (χ3n) is 2.53. The lowest BCUT2D eigenvalue weighted by Gasteiger charge is -2.11. The molecule has 0 saturated heterocycles. The first-order valence-electron chi connectivity index (χ1n) is 4.36. The molecule has 0 radical (unpaired) electrons. The molecule has 2 heteroatoms. The molecule has 1 aromatic carbocycles. The molecule has 70 valence electrons. The molecule has 0 fully saturated rings. The van der Waals surface area contributed by atoms with Crippen LogP contribution in [0.5, 0.6) is 0 Å². The molecule has 0 aliphatic rings. The van der Waals surface area contributed by atoms with Gasteiger partial charge in [0.2, 0.25) is 0 Å². The van der Waals surface area contributed by atoms with Gasteiger partial charge in [-0.15, -0.1) is 0 Å². The lowest BCUT2D eigenvalue weighted by molar-refractivity contribution is 1.18. The van der Waals surface area contributed by atoms with Gasteiger partial charge < -0.3 is 5.32 Å². The molecule has 0 saturated carbocycles. The summed E-state index contributed by atoms with van der Waals surface area (Å²) in [7, 11) is 1.86. The molecule has 13 heavy (non-hydrogen) atoms. The standard InChI is InChI=1S/C11H15NS/c1-7-5-6-10(11(13)12-4)9(3)8(7)2/h5-6H,1-4H3,(H,12,13). The Balaban J connectivity index is 3.26. The SMILES string of the molecule is CNC(=S)c1ccc(C)c(C)c1C. The Morgan fingerprint density at radius 3 is 2.31 bits per heavy atom. The van der Waals surface area contributed by atoms with Gasteiger partial charge in [-0.1, -0.05) is 24.4 Å². The van der Waals surface area contributed by atoms with Crippen molar-refractivity contribution in [3.8, 4) is 0 Å². The Labute approximate surface area is 85.2 Å². The smallest absolute Gasteiger partial charge is 0.106 e. The molecule has 0 heterocycles. The molecule has 1 aromatic rings. The number of nitrogens with one attached hydrogen (secondary N) is 1. The van der Waals surface area contributed by atoms with E-state index in [-0.39, 0.29) is 0 Å². The van der Waals surface area contributed by atoms with Crippen molar-refractivity contribution in [1.82, 2.24) is 5.32 Å². The zero-order valence-electron chi connectivity index (χ0n) is 8.56. The van der Waals surface area contributed by atoms with E-state index in [0.29, 0.717) is 0 Å². The topological polar surface area (TPSA) is 12.0 Å². The third kappa shape index (κ3) is 1.89. The van der Waals surface area contributed by atoms with Crippen LogP contribution in [-0.2, 0) is 0 Å². The van der Waals surface area contributed by atoms with Crippen molar-refractivity contribution in [3.05, 3.63) is 34.4 Å². The zero-order chi connectivity index (χ0) is 10.0. The fourth-order valence-electron chi connectivity index (χ4n) is 1.34. The minimum Gasteiger partial charge on any atom is -0.379 e. The van der Waals surface area contributed by atoms with E-state index in [1.807, 2.05) is 7.05 Å². The maximum absolute atomic E-state index is 5.20. The molecule has 1 nitrogen and oxygen atoms in total.